The topological polar surface area (TPSA) is 40.5 Å². The van der Waals surface area contributed by atoms with E-state index in [4.69, 9.17) is 9.79 Å². The Kier molecular flexibility index (Phi) is 5.85. The number of hydrogen-bond acceptors (Lipinski definition) is 2. The first kappa shape index (κ1) is 12.6. The van der Waals surface area contributed by atoms with Gasteiger partial charge in [-0.15, -0.1) is 0 Å². The van der Waals surface area contributed by atoms with E-state index >= 15 is 0 Å². The monoisotopic (exact) mass is 226 g/mol. The van der Waals surface area contributed by atoms with Crippen molar-refractivity contribution in [2.75, 3.05) is 6.16 Å². The van der Waals surface area contributed by atoms with Crippen LogP contribution >= 0.6 is 8.38 Å². The van der Waals surface area contributed by atoms with Crippen LogP contribution in [-0.4, -0.2) is 15.9 Å². The first-order valence-electron chi connectivity index (χ1n) is 5.46. The Morgan fingerprint density at radius 3 is 2.33 bits per heavy atom. The molecule has 0 spiro atoms. The molecule has 15 heavy (non-hydrogen) atoms. The van der Waals surface area contributed by atoms with E-state index in [9.17, 15) is 0 Å². The highest BCUT2D eigenvalue weighted by molar-refractivity contribution is 7.45. The SMILES string of the molecule is CCc1ccccc1CCCCP(O)O. The molecule has 0 atom stereocenters. The molecule has 0 radical (unpaired) electrons. The van der Waals surface area contributed by atoms with Crippen LogP contribution in [0.4, 0.5) is 0 Å². The molecule has 2 N–H and O–H groups in total. The van der Waals surface area contributed by atoms with Gasteiger partial charge in [-0.05, 0) is 36.8 Å². The van der Waals surface area contributed by atoms with Crippen molar-refractivity contribution in [3.63, 3.8) is 0 Å². The minimum Gasteiger partial charge on any atom is -0.350 e. The maximum atomic E-state index is 8.77. The lowest BCUT2D eigenvalue weighted by Crippen LogP contribution is -1.93. The van der Waals surface area contributed by atoms with Gasteiger partial charge in [-0.2, -0.15) is 0 Å². The number of unbranched alkanes of at least 4 members (excludes halogenated alkanes) is 1. The summed E-state index contributed by atoms with van der Waals surface area (Å²) in [6.45, 7) is 2.17. The molecule has 0 heterocycles. The molecule has 2 nitrogen and oxygen atoms in total. The molecule has 0 aliphatic heterocycles. The summed E-state index contributed by atoms with van der Waals surface area (Å²) in [5.74, 6) is 0. The zero-order valence-electron chi connectivity index (χ0n) is 9.19. The third-order valence-corrected chi connectivity index (χ3v) is 3.27. The van der Waals surface area contributed by atoms with Crippen molar-refractivity contribution >= 4 is 8.38 Å². The standard InChI is InChI=1S/C12H19O2P/c1-2-11-7-3-4-8-12(11)9-5-6-10-15(13)14/h3-4,7-8,13-14H,2,5-6,9-10H2,1H3. The number of rotatable bonds is 6. The Bertz CT molecular complexity index is 287. The summed E-state index contributed by atoms with van der Waals surface area (Å²) in [5.41, 5.74) is 2.81. The summed E-state index contributed by atoms with van der Waals surface area (Å²) in [5, 5.41) is 0. The fraction of sp³-hybridized carbons (Fsp3) is 0.500. The van der Waals surface area contributed by atoms with Crippen molar-refractivity contribution in [2.45, 2.75) is 32.6 Å². The highest BCUT2D eigenvalue weighted by atomic mass is 31.2. The van der Waals surface area contributed by atoms with Gasteiger partial charge in [-0.1, -0.05) is 31.2 Å². The van der Waals surface area contributed by atoms with Crippen LogP contribution in [-0.2, 0) is 12.8 Å². The Balaban J connectivity index is 2.36. The minimum absolute atomic E-state index is 0.545. The van der Waals surface area contributed by atoms with Gasteiger partial charge < -0.3 is 9.79 Å². The lowest BCUT2D eigenvalue weighted by Gasteiger charge is -2.07. The minimum atomic E-state index is -1.69. The predicted octanol–water partition coefficient (Wildman–Crippen LogP) is 2.87. The van der Waals surface area contributed by atoms with Gasteiger partial charge in [0.15, 0.2) is 8.38 Å². The van der Waals surface area contributed by atoms with Crippen LogP contribution in [0, 0.1) is 0 Å². The summed E-state index contributed by atoms with van der Waals surface area (Å²) in [6.07, 6.45) is 4.60. The average molecular weight is 226 g/mol. The van der Waals surface area contributed by atoms with Crippen molar-refractivity contribution in [3.8, 4) is 0 Å². The number of benzene rings is 1. The Morgan fingerprint density at radius 2 is 1.73 bits per heavy atom. The molecule has 0 aromatic heterocycles. The molecule has 0 fully saturated rings. The molecule has 0 unspecified atom stereocenters. The van der Waals surface area contributed by atoms with Gasteiger partial charge in [-0.3, -0.25) is 0 Å². The van der Waals surface area contributed by atoms with E-state index in [1.807, 2.05) is 0 Å². The van der Waals surface area contributed by atoms with E-state index in [1.54, 1.807) is 0 Å². The highest BCUT2D eigenvalue weighted by Gasteiger charge is 2.01. The average Bonchev–Trinajstić information content (AvgIpc) is 2.24. The van der Waals surface area contributed by atoms with Crippen molar-refractivity contribution < 1.29 is 9.79 Å². The van der Waals surface area contributed by atoms with E-state index < -0.39 is 8.38 Å². The smallest absolute Gasteiger partial charge is 0.164 e. The Hall–Kier alpha value is -0.430. The van der Waals surface area contributed by atoms with Gasteiger partial charge >= 0.3 is 0 Å². The van der Waals surface area contributed by atoms with E-state index in [2.05, 4.69) is 31.2 Å². The van der Waals surface area contributed by atoms with E-state index in [0.717, 1.165) is 25.7 Å². The molecule has 84 valence electrons. The van der Waals surface area contributed by atoms with E-state index in [-0.39, 0.29) is 0 Å². The first-order chi connectivity index (χ1) is 7.24. The van der Waals surface area contributed by atoms with Crippen molar-refractivity contribution in [1.29, 1.82) is 0 Å². The number of hydrogen-bond donors (Lipinski definition) is 2. The second-order valence-electron chi connectivity index (χ2n) is 3.68. The van der Waals surface area contributed by atoms with Gasteiger partial charge in [0.2, 0.25) is 0 Å². The van der Waals surface area contributed by atoms with Crippen LogP contribution in [0.3, 0.4) is 0 Å². The molecule has 0 saturated carbocycles. The highest BCUT2D eigenvalue weighted by Crippen LogP contribution is 2.24. The summed E-state index contributed by atoms with van der Waals surface area (Å²) >= 11 is 0. The normalized spacial score (nSPS) is 10.9. The fourth-order valence-corrected chi connectivity index (χ4v) is 2.22. The summed E-state index contributed by atoms with van der Waals surface area (Å²) in [6, 6.07) is 8.47. The van der Waals surface area contributed by atoms with E-state index in [1.165, 1.54) is 11.1 Å². The maximum Gasteiger partial charge on any atom is 0.164 e. The Labute approximate surface area is 92.9 Å². The second kappa shape index (κ2) is 6.95. The van der Waals surface area contributed by atoms with Gasteiger partial charge in [0.25, 0.3) is 0 Å². The third-order valence-electron chi connectivity index (χ3n) is 2.55. The van der Waals surface area contributed by atoms with Crippen LogP contribution in [0.2, 0.25) is 0 Å². The van der Waals surface area contributed by atoms with Crippen molar-refractivity contribution in [2.24, 2.45) is 0 Å². The second-order valence-corrected chi connectivity index (χ2v) is 4.87. The molecule has 0 amide bonds. The molecular weight excluding hydrogens is 207 g/mol. The lowest BCUT2D eigenvalue weighted by molar-refractivity contribution is 0.479. The summed E-state index contributed by atoms with van der Waals surface area (Å²) in [7, 11) is -1.69. The molecule has 1 aromatic rings. The maximum absolute atomic E-state index is 8.77. The third kappa shape index (κ3) is 4.74. The molecule has 0 aliphatic rings. The fourth-order valence-electron chi connectivity index (χ4n) is 1.71. The summed E-state index contributed by atoms with van der Waals surface area (Å²) < 4.78 is 0. The van der Waals surface area contributed by atoms with Gasteiger partial charge in [-0.25, -0.2) is 0 Å². The predicted molar refractivity (Wildman–Crippen MR) is 65.0 cm³/mol. The molecule has 0 aliphatic carbocycles. The van der Waals surface area contributed by atoms with Gasteiger partial charge in [0.1, 0.15) is 0 Å². The quantitative estimate of drug-likeness (QED) is 0.578. The van der Waals surface area contributed by atoms with Crippen LogP contribution in [0.15, 0.2) is 24.3 Å². The molecule has 3 heteroatoms. The Morgan fingerprint density at radius 1 is 1.07 bits per heavy atom. The first-order valence-corrected chi connectivity index (χ1v) is 6.89. The molecule has 1 aromatic carbocycles. The zero-order chi connectivity index (χ0) is 11.1. The largest absolute Gasteiger partial charge is 0.350 e. The molecule has 1 rings (SSSR count). The molecular formula is C12H19O2P. The van der Waals surface area contributed by atoms with Gasteiger partial charge in [0, 0.05) is 6.16 Å². The van der Waals surface area contributed by atoms with Gasteiger partial charge in [0.05, 0.1) is 0 Å². The van der Waals surface area contributed by atoms with Crippen LogP contribution in [0.25, 0.3) is 0 Å². The molecule has 0 bridgehead atoms. The van der Waals surface area contributed by atoms with Crippen molar-refractivity contribution in [3.05, 3.63) is 35.4 Å². The lowest BCUT2D eigenvalue weighted by atomic mass is 10.0. The van der Waals surface area contributed by atoms with Crippen LogP contribution < -0.4 is 0 Å². The van der Waals surface area contributed by atoms with E-state index in [0.29, 0.717) is 6.16 Å². The van der Waals surface area contributed by atoms with Crippen LogP contribution in [0.5, 0.6) is 0 Å². The molecule has 0 saturated heterocycles. The van der Waals surface area contributed by atoms with Crippen molar-refractivity contribution in [1.82, 2.24) is 0 Å². The number of aryl methyl sites for hydroxylation is 2. The zero-order valence-corrected chi connectivity index (χ0v) is 10.1. The summed E-state index contributed by atoms with van der Waals surface area (Å²) in [4.78, 5) is 17.5. The van der Waals surface area contributed by atoms with Crippen LogP contribution in [0.1, 0.15) is 30.9 Å².